The molecule has 0 aromatic rings. The summed E-state index contributed by atoms with van der Waals surface area (Å²) in [4.78, 5) is 21.8. The summed E-state index contributed by atoms with van der Waals surface area (Å²) in [5, 5.41) is 8.54. The van der Waals surface area contributed by atoms with E-state index in [0.29, 0.717) is 24.0 Å². The molecular formula is C14H22O3. The minimum absolute atomic E-state index is 0.301. The molecule has 3 unspecified atom stereocenters. The normalized spacial score (nSPS) is 31.8. The van der Waals surface area contributed by atoms with E-state index in [-0.39, 0.29) is 0 Å². The van der Waals surface area contributed by atoms with Crippen molar-refractivity contribution in [2.45, 2.75) is 57.8 Å². The van der Waals surface area contributed by atoms with E-state index in [9.17, 15) is 9.59 Å². The van der Waals surface area contributed by atoms with Gasteiger partial charge in [-0.2, -0.15) is 0 Å². The average molecular weight is 238 g/mol. The van der Waals surface area contributed by atoms with Crippen molar-refractivity contribution in [2.75, 3.05) is 0 Å². The molecule has 2 rings (SSSR count). The molecule has 3 heteroatoms. The lowest BCUT2D eigenvalue weighted by atomic mass is 9.88. The summed E-state index contributed by atoms with van der Waals surface area (Å²) < 4.78 is 0. The van der Waals surface area contributed by atoms with Gasteiger partial charge in [0.25, 0.3) is 0 Å². The highest BCUT2D eigenvalue weighted by atomic mass is 16.4. The van der Waals surface area contributed by atoms with Gasteiger partial charge in [0.15, 0.2) is 0 Å². The van der Waals surface area contributed by atoms with Crippen LogP contribution in [0.2, 0.25) is 0 Å². The summed E-state index contributed by atoms with van der Waals surface area (Å²) in [6.07, 6.45) is 8.66. The molecule has 2 aliphatic carbocycles. The van der Waals surface area contributed by atoms with Gasteiger partial charge in [0.2, 0.25) is 0 Å². The number of fused-ring (bicyclic) bond motifs is 1. The largest absolute Gasteiger partial charge is 0.481 e. The van der Waals surface area contributed by atoms with E-state index in [1.165, 1.54) is 19.3 Å². The van der Waals surface area contributed by atoms with Crippen molar-refractivity contribution in [3.8, 4) is 0 Å². The summed E-state index contributed by atoms with van der Waals surface area (Å²) >= 11 is 0. The highest BCUT2D eigenvalue weighted by molar-refractivity contribution is 5.81. The van der Waals surface area contributed by atoms with E-state index < -0.39 is 5.97 Å². The first kappa shape index (κ1) is 12.6. The van der Waals surface area contributed by atoms with Crippen LogP contribution in [0, 0.1) is 17.8 Å². The molecule has 0 bridgehead atoms. The molecule has 0 radical (unpaired) electrons. The summed E-state index contributed by atoms with van der Waals surface area (Å²) in [5.74, 6) is 1.88. The van der Waals surface area contributed by atoms with Crippen molar-refractivity contribution in [3.05, 3.63) is 0 Å². The minimum atomic E-state index is -0.688. The Morgan fingerprint density at radius 2 is 2.00 bits per heavy atom. The van der Waals surface area contributed by atoms with Gasteiger partial charge < -0.3 is 5.11 Å². The molecule has 17 heavy (non-hydrogen) atoms. The number of carboxylic acid groups (broad SMARTS) is 1. The first-order valence-electron chi connectivity index (χ1n) is 6.90. The standard InChI is InChI=1S/C14H22O3/c15-12-8-11-7-6-10(13(11)9-12)4-2-1-3-5-14(16)17/h10-11,13H,1-9H2,(H,16,17). The fourth-order valence-electron chi connectivity index (χ4n) is 3.68. The van der Waals surface area contributed by atoms with Crippen LogP contribution >= 0.6 is 0 Å². The Balaban J connectivity index is 1.63. The molecule has 0 amide bonds. The molecule has 1 N–H and O–H groups in total. The lowest BCUT2D eigenvalue weighted by molar-refractivity contribution is -0.137. The van der Waals surface area contributed by atoms with Gasteiger partial charge in [-0.05, 0) is 37.0 Å². The molecule has 3 atom stereocenters. The number of carboxylic acids is 1. The van der Waals surface area contributed by atoms with Gasteiger partial charge in [-0.15, -0.1) is 0 Å². The van der Waals surface area contributed by atoms with Crippen LogP contribution in [0.5, 0.6) is 0 Å². The molecular weight excluding hydrogens is 216 g/mol. The highest BCUT2D eigenvalue weighted by Gasteiger charge is 2.41. The van der Waals surface area contributed by atoms with Crippen LogP contribution in [-0.2, 0) is 9.59 Å². The Bertz CT molecular complexity index is 298. The van der Waals surface area contributed by atoms with Crippen molar-refractivity contribution in [2.24, 2.45) is 17.8 Å². The van der Waals surface area contributed by atoms with Gasteiger partial charge in [0.1, 0.15) is 5.78 Å². The van der Waals surface area contributed by atoms with Gasteiger partial charge >= 0.3 is 5.97 Å². The number of hydrogen-bond acceptors (Lipinski definition) is 2. The minimum Gasteiger partial charge on any atom is -0.481 e. The van der Waals surface area contributed by atoms with Crippen LogP contribution in [-0.4, -0.2) is 16.9 Å². The monoisotopic (exact) mass is 238 g/mol. The molecule has 0 spiro atoms. The van der Waals surface area contributed by atoms with E-state index >= 15 is 0 Å². The Kier molecular flexibility index (Phi) is 4.19. The molecule has 2 saturated carbocycles. The summed E-state index contributed by atoms with van der Waals surface area (Å²) in [6, 6.07) is 0. The zero-order valence-corrected chi connectivity index (χ0v) is 10.4. The summed E-state index contributed by atoms with van der Waals surface area (Å²) in [6.45, 7) is 0. The predicted octanol–water partition coefficient (Wildman–Crippen LogP) is 3.03. The maximum Gasteiger partial charge on any atom is 0.303 e. The van der Waals surface area contributed by atoms with E-state index in [4.69, 9.17) is 5.11 Å². The second kappa shape index (κ2) is 5.65. The first-order valence-corrected chi connectivity index (χ1v) is 6.90. The smallest absolute Gasteiger partial charge is 0.303 e. The highest BCUT2D eigenvalue weighted by Crippen LogP contribution is 2.47. The predicted molar refractivity (Wildman–Crippen MR) is 64.7 cm³/mol. The van der Waals surface area contributed by atoms with Gasteiger partial charge in [0, 0.05) is 19.3 Å². The number of carbonyl (C=O) groups excluding carboxylic acids is 1. The van der Waals surface area contributed by atoms with E-state index in [1.807, 2.05) is 0 Å². The topological polar surface area (TPSA) is 54.4 Å². The molecule has 2 fully saturated rings. The number of hydrogen-bond donors (Lipinski definition) is 1. The van der Waals surface area contributed by atoms with Crippen molar-refractivity contribution in [3.63, 3.8) is 0 Å². The van der Waals surface area contributed by atoms with Crippen molar-refractivity contribution in [1.82, 2.24) is 0 Å². The van der Waals surface area contributed by atoms with E-state index in [2.05, 4.69) is 0 Å². The fraction of sp³-hybridized carbons (Fsp3) is 0.857. The molecule has 3 nitrogen and oxygen atoms in total. The Labute approximate surface area is 103 Å². The first-order chi connectivity index (χ1) is 8.16. The Morgan fingerprint density at radius 3 is 2.76 bits per heavy atom. The Morgan fingerprint density at radius 1 is 1.18 bits per heavy atom. The van der Waals surface area contributed by atoms with Crippen molar-refractivity contribution < 1.29 is 14.7 Å². The quantitative estimate of drug-likeness (QED) is 0.724. The average Bonchev–Trinajstić information content (AvgIpc) is 2.77. The number of aliphatic carboxylic acids is 1. The zero-order chi connectivity index (χ0) is 12.3. The lowest BCUT2D eigenvalue weighted by Crippen LogP contribution is -2.09. The van der Waals surface area contributed by atoms with Crippen LogP contribution in [0.1, 0.15) is 57.8 Å². The maximum absolute atomic E-state index is 11.4. The van der Waals surface area contributed by atoms with Gasteiger partial charge in [-0.1, -0.05) is 19.3 Å². The van der Waals surface area contributed by atoms with Crippen molar-refractivity contribution >= 4 is 11.8 Å². The molecule has 0 saturated heterocycles. The van der Waals surface area contributed by atoms with Crippen LogP contribution in [0.4, 0.5) is 0 Å². The van der Waals surface area contributed by atoms with Crippen LogP contribution < -0.4 is 0 Å². The second-order valence-electron chi connectivity index (χ2n) is 5.70. The number of unbranched alkanes of at least 4 members (excludes halogenated alkanes) is 2. The third kappa shape index (κ3) is 3.30. The number of Topliss-reactive ketones (excluding diaryl/α,β-unsaturated/α-hetero) is 1. The number of carbonyl (C=O) groups is 2. The van der Waals surface area contributed by atoms with Gasteiger partial charge in [-0.25, -0.2) is 0 Å². The SMILES string of the molecule is O=C(O)CCCCCC1CCC2CC(=O)CC12. The van der Waals surface area contributed by atoms with Crippen LogP contribution in [0.3, 0.4) is 0 Å². The summed E-state index contributed by atoms with van der Waals surface area (Å²) in [5.41, 5.74) is 0. The molecule has 96 valence electrons. The molecule has 0 aromatic carbocycles. The lowest BCUT2D eigenvalue weighted by Gasteiger charge is -2.17. The zero-order valence-electron chi connectivity index (χ0n) is 10.4. The van der Waals surface area contributed by atoms with E-state index in [1.54, 1.807) is 0 Å². The van der Waals surface area contributed by atoms with Crippen LogP contribution in [0.15, 0.2) is 0 Å². The molecule has 0 aromatic heterocycles. The van der Waals surface area contributed by atoms with Crippen molar-refractivity contribution in [1.29, 1.82) is 0 Å². The second-order valence-corrected chi connectivity index (χ2v) is 5.70. The van der Waals surface area contributed by atoms with E-state index in [0.717, 1.165) is 38.0 Å². The summed E-state index contributed by atoms with van der Waals surface area (Å²) in [7, 11) is 0. The number of rotatable bonds is 6. The maximum atomic E-state index is 11.4. The third-order valence-corrected chi connectivity index (χ3v) is 4.54. The van der Waals surface area contributed by atoms with Gasteiger partial charge in [-0.3, -0.25) is 9.59 Å². The fourth-order valence-corrected chi connectivity index (χ4v) is 3.68. The molecule has 0 aliphatic heterocycles. The third-order valence-electron chi connectivity index (χ3n) is 4.54. The molecule has 2 aliphatic rings. The van der Waals surface area contributed by atoms with Crippen LogP contribution in [0.25, 0.3) is 0 Å². The Hall–Kier alpha value is -0.860. The number of ketones is 1. The van der Waals surface area contributed by atoms with Gasteiger partial charge in [0.05, 0.1) is 0 Å². The molecule has 0 heterocycles.